The van der Waals surface area contributed by atoms with Crippen LogP contribution in [0, 0.1) is 12.8 Å². The second-order valence-electron chi connectivity index (χ2n) is 8.50. The highest BCUT2D eigenvalue weighted by atomic mass is 19.4. The van der Waals surface area contributed by atoms with E-state index in [9.17, 15) is 18.0 Å². The van der Waals surface area contributed by atoms with Crippen molar-refractivity contribution in [3.05, 3.63) is 59.7 Å². The second kappa shape index (κ2) is 9.18. The smallest absolute Gasteiger partial charge is 0.340 e. The van der Waals surface area contributed by atoms with Gasteiger partial charge in [0.05, 0.1) is 11.1 Å². The number of rotatable bonds is 6. The Balaban J connectivity index is 1.47. The molecule has 1 saturated carbocycles. The van der Waals surface area contributed by atoms with Crippen molar-refractivity contribution in [3.8, 4) is 0 Å². The molecule has 0 spiro atoms. The third kappa shape index (κ3) is 5.39. The van der Waals surface area contributed by atoms with Crippen LogP contribution in [0.5, 0.6) is 0 Å². The van der Waals surface area contributed by atoms with Gasteiger partial charge in [-0.2, -0.15) is 13.2 Å². The number of nitrogens with zero attached hydrogens (tertiary/aromatic N) is 1. The van der Waals surface area contributed by atoms with E-state index in [1.807, 2.05) is 19.1 Å². The zero-order valence-corrected chi connectivity index (χ0v) is 17.9. The average Bonchev–Trinajstić information content (AvgIpc) is 3.26. The minimum atomic E-state index is -4.40. The van der Waals surface area contributed by atoms with Crippen LogP contribution >= 0.6 is 0 Å². The van der Waals surface area contributed by atoms with Gasteiger partial charge in [0.25, 0.3) is 0 Å². The Hall–Kier alpha value is -3.09. The molecule has 1 fully saturated rings. The lowest BCUT2D eigenvalue weighted by molar-refractivity contribution is -0.137. The van der Waals surface area contributed by atoms with Crippen LogP contribution in [0.2, 0.25) is 0 Å². The zero-order chi connectivity index (χ0) is 22.7. The summed E-state index contributed by atoms with van der Waals surface area (Å²) < 4.78 is 38.9. The van der Waals surface area contributed by atoms with Crippen molar-refractivity contribution in [1.82, 2.24) is 4.98 Å². The van der Waals surface area contributed by atoms with Crippen molar-refractivity contribution < 1.29 is 18.0 Å². The molecule has 1 aliphatic carbocycles. The second-order valence-corrected chi connectivity index (χ2v) is 8.50. The molecule has 2 N–H and O–H groups in total. The van der Waals surface area contributed by atoms with Gasteiger partial charge in [0.1, 0.15) is 5.82 Å². The van der Waals surface area contributed by atoms with Gasteiger partial charge in [-0.1, -0.05) is 31.7 Å². The number of nitrogens with one attached hydrogen (secondary N) is 2. The number of carbonyl (C=O) groups is 1. The summed E-state index contributed by atoms with van der Waals surface area (Å²) in [6.07, 6.45) is 2.06. The zero-order valence-electron chi connectivity index (χ0n) is 17.9. The van der Waals surface area contributed by atoms with Crippen LogP contribution < -0.4 is 10.6 Å². The van der Waals surface area contributed by atoms with Crippen LogP contribution in [0.25, 0.3) is 10.9 Å². The van der Waals surface area contributed by atoms with Crippen LogP contribution in [0.1, 0.15) is 49.7 Å². The van der Waals surface area contributed by atoms with Crippen molar-refractivity contribution in [3.63, 3.8) is 0 Å². The molecule has 3 aromatic rings. The molecule has 4 nitrogen and oxygen atoms in total. The lowest BCUT2D eigenvalue weighted by Gasteiger charge is -2.13. The molecule has 7 heteroatoms. The number of carbonyl (C=O) groups excluding carboxylic acids is 1. The fourth-order valence-corrected chi connectivity index (χ4v) is 4.31. The Labute approximate surface area is 185 Å². The van der Waals surface area contributed by atoms with E-state index in [1.165, 1.54) is 31.7 Å². The predicted molar refractivity (Wildman–Crippen MR) is 121 cm³/mol. The third-order valence-electron chi connectivity index (χ3n) is 6.02. The van der Waals surface area contributed by atoms with Gasteiger partial charge >= 0.3 is 6.18 Å². The molecule has 32 heavy (non-hydrogen) atoms. The summed E-state index contributed by atoms with van der Waals surface area (Å²) in [4.78, 5) is 16.9. The number of hydrogen-bond acceptors (Lipinski definition) is 3. The lowest BCUT2D eigenvalue weighted by Crippen LogP contribution is -2.12. The maximum atomic E-state index is 13.0. The Morgan fingerprint density at radius 3 is 2.59 bits per heavy atom. The molecule has 1 aromatic heterocycles. The van der Waals surface area contributed by atoms with E-state index in [1.54, 1.807) is 18.2 Å². The quantitative estimate of drug-likeness (QED) is 0.425. The Bertz CT molecular complexity index is 1120. The largest absolute Gasteiger partial charge is 0.416 e. The number of anilines is 3. The van der Waals surface area contributed by atoms with Crippen LogP contribution in [0.3, 0.4) is 0 Å². The molecule has 1 heterocycles. The molecule has 0 unspecified atom stereocenters. The van der Waals surface area contributed by atoms with Crippen molar-refractivity contribution in [2.75, 3.05) is 10.6 Å². The van der Waals surface area contributed by atoms with Crippen LogP contribution in [0.4, 0.5) is 30.4 Å². The minimum Gasteiger partial charge on any atom is -0.340 e. The topological polar surface area (TPSA) is 54.0 Å². The molecule has 168 valence electrons. The molecule has 0 atom stereocenters. The summed E-state index contributed by atoms with van der Waals surface area (Å²) in [6, 6.07) is 12.3. The minimum absolute atomic E-state index is 0.0182. The first kappa shape index (κ1) is 22.1. The van der Waals surface area contributed by atoms with Gasteiger partial charge < -0.3 is 10.6 Å². The molecule has 1 aliphatic rings. The summed E-state index contributed by atoms with van der Waals surface area (Å²) >= 11 is 0. The van der Waals surface area contributed by atoms with Crippen LogP contribution in [-0.2, 0) is 11.0 Å². The van der Waals surface area contributed by atoms with Crippen LogP contribution in [-0.4, -0.2) is 10.9 Å². The summed E-state index contributed by atoms with van der Waals surface area (Å²) in [7, 11) is 0. The van der Waals surface area contributed by atoms with Gasteiger partial charge in [0, 0.05) is 23.2 Å². The van der Waals surface area contributed by atoms with E-state index in [2.05, 4.69) is 15.6 Å². The third-order valence-corrected chi connectivity index (χ3v) is 6.02. The summed E-state index contributed by atoms with van der Waals surface area (Å²) in [5.74, 6) is 1.15. The van der Waals surface area contributed by atoms with Gasteiger partial charge in [-0.25, -0.2) is 4.98 Å². The maximum absolute atomic E-state index is 13.0. The fourth-order valence-electron chi connectivity index (χ4n) is 4.31. The highest BCUT2D eigenvalue weighted by Gasteiger charge is 2.30. The Morgan fingerprint density at radius 2 is 1.84 bits per heavy atom. The number of amides is 1. The van der Waals surface area contributed by atoms with E-state index < -0.39 is 11.7 Å². The number of aromatic nitrogens is 1. The van der Waals surface area contributed by atoms with Gasteiger partial charge in [0.2, 0.25) is 5.91 Å². The lowest BCUT2D eigenvalue weighted by atomic mass is 10.0. The number of pyridine rings is 1. The summed E-state index contributed by atoms with van der Waals surface area (Å²) in [5, 5.41) is 6.81. The molecule has 0 aliphatic heterocycles. The van der Waals surface area contributed by atoms with Crippen molar-refractivity contribution >= 4 is 34.0 Å². The molecular formula is C25H26F3N3O. The number of aryl methyl sites for hydroxylation is 1. The SMILES string of the molecule is Cc1cc(Nc2cccc(C(F)(F)F)c2)nc2ccc(NC(=O)CCC3CCCC3)cc12. The molecular weight excluding hydrogens is 415 g/mol. The number of fused-ring (bicyclic) bond motifs is 1. The Morgan fingerprint density at radius 1 is 1.06 bits per heavy atom. The monoisotopic (exact) mass is 441 g/mol. The summed E-state index contributed by atoms with van der Waals surface area (Å²) in [5.41, 5.74) is 1.93. The highest BCUT2D eigenvalue weighted by Crippen LogP contribution is 2.32. The van der Waals surface area contributed by atoms with Gasteiger partial charge in [-0.15, -0.1) is 0 Å². The average molecular weight is 441 g/mol. The summed E-state index contributed by atoms with van der Waals surface area (Å²) in [6.45, 7) is 1.91. The first-order valence-electron chi connectivity index (χ1n) is 10.9. The first-order chi connectivity index (χ1) is 15.3. The molecule has 0 bridgehead atoms. The fraction of sp³-hybridized carbons (Fsp3) is 0.360. The molecule has 2 aromatic carbocycles. The first-order valence-corrected chi connectivity index (χ1v) is 10.9. The molecule has 4 rings (SSSR count). The van der Waals surface area contributed by atoms with Crippen molar-refractivity contribution in [2.24, 2.45) is 5.92 Å². The van der Waals surface area contributed by atoms with Gasteiger partial charge in [0.15, 0.2) is 0 Å². The van der Waals surface area contributed by atoms with Gasteiger partial charge in [-0.05, 0) is 67.3 Å². The highest BCUT2D eigenvalue weighted by molar-refractivity contribution is 5.94. The number of benzene rings is 2. The van der Waals surface area contributed by atoms with E-state index in [0.717, 1.165) is 35.2 Å². The van der Waals surface area contributed by atoms with E-state index in [-0.39, 0.29) is 5.91 Å². The van der Waals surface area contributed by atoms with Crippen molar-refractivity contribution in [2.45, 2.75) is 51.6 Å². The van der Waals surface area contributed by atoms with E-state index >= 15 is 0 Å². The van der Waals surface area contributed by atoms with Crippen LogP contribution in [0.15, 0.2) is 48.5 Å². The predicted octanol–water partition coefficient (Wildman–Crippen LogP) is 7.21. The normalized spacial score (nSPS) is 14.6. The number of halogens is 3. The number of alkyl halides is 3. The van der Waals surface area contributed by atoms with Crippen molar-refractivity contribution in [1.29, 1.82) is 0 Å². The standard InChI is InChI=1S/C25H26F3N3O/c1-16-13-23(29-19-8-4-7-18(14-19)25(26,27)28)31-22-11-10-20(15-21(16)22)30-24(32)12-9-17-5-2-3-6-17/h4,7-8,10-11,13-15,17H,2-3,5-6,9,12H2,1H3,(H,29,31)(H,30,32). The molecule has 0 saturated heterocycles. The van der Waals surface area contributed by atoms with E-state index in [4.69, 9.17) is 0 Å². The van der Waals surface area contributed by atoms with Gasteiger partial charge in [-0.3, -0.25) is 4.79 Å². The molecule has 1 amide bonds. The number of hydrogen-bond donors (Lipinski definition) is 2. The maximum Gasteiger partial charge on any atom is 0.416 e. The molecule has 0 radical (unpaired) electrons. The van der Waals surface area contributed by atoms with E-state index in [0.29, 0.717) is 29.4 Å². The Kier molecular flexibility index (Phi) is 6.35.